The van der Waals surface area contributed by atoms with E-state index in [0.29, 0.717) is 5.56 Å². The van der Waals surface area contributed by atoms with Crippen LogP contribution in [-0.4, -0.2) is 17.3 Å². The minimum Gasteiger partial charge on any atom is -0.479 e. The maximum absolute atomic E-state index is 11.3. The fraction of sp³-hybridized carbons (Fsp3) is 0.0909. The lowest BCUT2D eigenvalue weighted by Gasteiger charge is -2.27. The van der Waals surface area contributed by atoms with E-state index in [4.69, 9.17) is 0 Å². The van der Waals surface area contributed by atoms with E-state index in [2.05, 4.69) is 10.3 Å². The molecule has 0 saturated heterocycles. The SMILES string of the molecule is O=C(O)C1(c2ccccc2)C=NC=CN1. The first-order valence-electron chi connectivity index (χ1n) is 4.52. The van der Waals surface area contributed by atoms with Gasteiger partial charge >= 0.3 is 5.97 Å². The first-order chi connectivity index (χ1) is 7.26. The number of nitrogens with one attached hydrogen (secondary N) is 1. The second kappa shape index (κ2) is 3.57. The summed E-state index contributed by atoms with van der Waals surface area (Å²) in [5.41, 5.74) is -0.582. The molecule has 76 valence electrons. The van der Waals surface area contributed by atoms with Crippen LogP contribution in [0.15, 0.2) is 47.7 Å². The van der Waals surface area contributed by atoms with Gasteiger partial charge in [-0.1, -0.05) is 30.3 Å². The number of hydrogen-bond donors (Lipinski definition) is 2. The van der Waals surface area contributed by atoms with Gasteiger partial charge < -0.3 is 10.4 Å². The predicted molar refractivity (Wildman–Crippen MR) is 56.5 cm³/mol. The molecule has 1 aliphatic rings. The molecule has 15 heavy (non-hydrogen) atoms. The molecule has 4 nitrogen and oxygen atoms in total. The minimum absolute atomic E-state index is 0.658. The van der Waals surface area contributed by atoms with Crippen molar-refractivity contribution in [2.45, 2.75) is 5.54 Å². The quantitative estimate of drug-likeness (QED) is 0.755. The lowest BCUT2D eigenvalue weighted by atomic mass is 9.91. The van der Waals surface area contributed by atoms with Crippen molar-refractivity contribution in [1.82, 2.24) is 5.32 Å². The summed E-state index contributed by atoms with van der Waals surface area (Å²) in [7, 11) is 0. The van der Waals surface area contributed by atoms with Gasteiger partial charge in [-0.3, -0.25) is 4.99 Å². The second-order valence-corrected chi connectivity index (χ2v) is 3.22. The average molecular weight is 202 g/mol. The van der Waals surface area contributed by atoms with Crippen LogP contribution in [0.2, 0.25) is 0 Å². The van der Waals surface area contributed by atoms with Crippen molar-refractivity contribution in [1.29, 1.82) is 0 Å². The number of carbonyl (C=O) groups is 1. The van der Waals surface area contributed by atoms with Gasteiger partial charge in [-0.05, 0) is 5.56 Å². The number of aliphatic imine (C=N–C) groups is 1. The highest BCUT2D eigenvalue weighted by molar-refractivity contribution is 6.01. The Morgan fingerprint density at radius 1 is 1.33 bits per heavy atom. The van der Waals surface area contributed by atoms with Gasteiger partial charge in [0, 0.05) is 18.6 Å². The summed E-state index contributed by atoms with van der Waals surface area (Å²) in [6.45, 7) is 0. The third-order valence-electron chi connectivity index (χ3n) is 2.31. The third kappa shape index (κ3) is 1.50. The van der Waals surface area contributed by atoms with Crippen LogP contribution in [0.4, 0.5) is 0 Å². The molecule has 0 fully saturated rings. The molecule has 2 rings (SSSR count). The van der Waals surface area contributed by atoms with E-state index in [9.17, 15) is 9.90 Å². The highest BCUT2D eigenvalue weighted by Crippen LogP contribution is 2.21. The zero-order chi connectivity index (χ0) is 10.7. The van der Waals surface area contributed by atoms with Gasteiger partial charge in [-0.25, -0.2) is 4.79 Å². The lowest BCUT2D eigenvalue weighted by molar-refractivity contribution is -0.141. The molecule has 2 N–H and O–H groups in total. The van der Waals surface area contributed by atoms with Crippen LogP contribution in [0.1, 0.15) is 5.56 Å². The minimum atomic E-state index is -1.24. The summed E-state index contributed by atoms with van der Waals surface area (Å²) in [5.74, 6) is -0.971. The van der Waals surface area contributed by atoms with E-state index in [1.165, 1.54) is 18.6 Å². The maximum Gasteiger partial charge on any atom is 0.339 e. The third-order valence-corrected chi connectivity index (χ3v) is 2.31. The van der Waals surface area contributed by atoms with Crippen LogP contribution in [-0.2, 0) is 10.3 Å². The molecule has 0 aromatic heterocycles. The Balaban J connectivity index is 2.49. The Bertz CT molecular complexity index is 425. The van der Waals surface area contributed by atoms with Gasteiger partial charge in [0.15, 0.2) is 5.54 Å². The molecule has 0 bridgehead atoms. The average Bonchev–Trinajstić information content (AvgIpc) is 2.31. The number of carboxylic acid groups (broad SMARTS) is 1. The number of benzene rings is 1. The Morgan fingerprint density at radius 2 is 2.07 bits per heavy atom. The largest absolute Gasteiger partial charge is 0.479 e. The van der Waals surface area contributed by atoms with Crippen molar-refractivity contribution < 1.29 is 9.90 Å². The highest BCUT2D eigenvalue weighted by Gasteiger charge is 2.38. The number of rotatable bonds is 2. The van der Waals surface area contributed by atoms with E-state index >= 15 is 0 Å². The number of carboxylic acids is 1. The molecule has 4 heteroatoms. The van der Waals surface area contributed by atoms with Gasteiger partial charge in [0.05, 0.1) is 0 Å². The Hall–Kier alpha value is -2.10. The van der Waals surface area contributed by atoms with Gasteiger partial charge in [-0.2, -0.15) is 0 Å². The molecule has 1 atom stereocenters. The number of hydrogen-bond acceptors (Lipinski definition) is 3. The molecule has 0 amide bonds. The van der Waals surface area contributed by atoms with E-state index in [1.807, 2.05) is 6.07 Å². The molecular formula is C11H10N2O2. The first-order valence-corrected chi connectivity index (χ1v) is 4.52. The van der Waals surface area contributed by atoms with Gasteiger partial charge in [0.25, 0.3) is 0 Å². The van der Waals surface area contributed by atoms with Crippen LogP contribution in [0, 0.1) is 0 Å². The zero-order valence-corrected chi connectivity index (χ0v) is 7.92. The summed E-state index contributed by atoms with van der Waals surface area (Å²) >= 11 is 0. The molecule has 1 unspecified atom stereocenters. The van der Waals surface area contributed by atoms with E-state index in [0.717, 1.165) is 0 Å². The van der Waals surface area contributed by atoms with E-state index < -0.39 is 11.5 Å². The van der Waals surface area contributed by atoms with Crippen LogP contribution >= 0.6 is 0 Å². The fourth-order valence-corrected chi connectivity index (χ4v) is 1.50. The molecule has 0 radical (unpaired) electrons. The van der Waals surface area contributed by atoms with Crippen molar-refractivity contribution in [2.24, 2.45) is 4.99 Å². The Kier molecular flexibility index (Phi) is 2.25. The van der Waals surface area contributed by atoms with Gasteiger partial charge in [0.2, 0.25) is 0 Å². The number of aliphatic carboxylic acids is 1. The summed E-state index contributed by atoms with van der Waals surface area (Å²) in [4.78, 5) is 15.2. The van der Waals surface area contributed by atoms with E-state index in [-0.39, 0.29) is 0 Å². The Labute approximate surface area is 87.0 Å². The van der Waals surface area contributed by atoms with Gasteiger partial charge in [0.1, 0.15) is 0 Å². The van der Waals surface area contributed by atoms with Crippen molar-refractivity contribution in [3.8, 4) is 0 Å². The second-order valence-electron chi connectivity index (χ2n) is 3.22. The Morgan fingerprint density at radius 3 is 2.60 bits per heavy atom. The molecule has 1 aromatic rings. The maximum atomic E-state index is 11.3. The summed E-state index contributed by atoms with van der Waals surface area (Å²) in [5, 5.41) is 12.1. The van der Waals surface area contributed by atoms with Crippen LogP contribution in [0.5, 0.6) is 0 Å². The smallest absolute Gasteiger partial charge is 0.339 e. The number of nitrogens with zero attached hydrogens (tertiary/aromatic N) is 1. The van der Waals surface area contributed by atoms with E-state index in [1.54, 1.807) is 24.3 Å². The lowest BCUT2D eigenvalue weighted by Crippen LogP contribution is -2.49. The van der Waals surface area contributed by atoms with Crippen molar-refractivity contribution in [2.75, 3.05) is 0 Å². The molecule has 0 saturated carbocycles. The van der Waals surface area contributed by atoms with Crippen molar-refractivity contribution in [3.63, 3.8) is 0 Å². The first kappa shape index (κ1) is 9.45. The van der Waals surface area contributed by atoms with Crippen LogP contribution < -0.4 is 5.32 Å². The predicted octanol–water partition coefficient (Wildman–Crippen LogP) is 1.11. The molecule has 1 heterocycles. The van der Waals surface area contributed by atoms with Crippen LogP contribution in [0.25, 0.3) is 0 Å². The highest BCUT2D eigenvalue weighted by atomic mass is 16.4. The standard InChI is InChI=1S/C11H10N2O2/c14-10(15)11(8-12-6-7-13-11)9-4-2-1-3-5-9/h1-8,13H,(H,14,15). The zero-order valence-electron chi connectivity index (χ0n) is 7.92. The molecular weight excluding hydrogens is 192 g/mol. The summed E-state index contributed by atoms with van der Waals surface area (Å²) in [6.07, 6.45) is 4.44. The van der Waals surface area contributed by atoms with Crippen molar-refractivity contribution in [3.05, 3.63) is 48.3 Å². The molecule has 1 aromatic carbocycles. The topological polar surface area (TPSA) is 61.7 Å². The van der Waals surface area contributed by atoms with Crippen LogP contribution in [0.3, 0.4) is 0 Å². The summed E-state index contributed by atoms with van der Waals surface area (Å²) in [6, 6.07) is 8.95. The molecule has 0 aliphatic carbocycles. The monoisotopic (exact) mass is 202 g/mol. The van der Waals surface area contributed by atoms with Gasteiger partial charge in [-0.15, -0.1) is 0 Å². The van der Waals surface area contributed by atoms with Crippen molar-refractivity contribution >= 4 is 12.2 Å². The molecule has 1 aliphatic heterocycles. The fourth-order valence-electron chi connectivity index (χ4n) is 1.50. The summed E-state index contributed by atoms with van der Waals surface area (Å²) < 4.78 is 0. The normalized spacial score (nSPS) is 23.5. The molecule has 0 spiro atoms.